The number of carbonyl (C=O) groups is 2. The zero-order chi connectivity index (χ0) is 17.6. The lowest BCUT2D eigenvalue weighted by atomic mass is 10.3. The average molecular weight is 351 g/mol. The number of rotatable bonds is 6. The molecule has 1 aromatic carbocycles. The molecule has 0 aliphatic carbocycles. The van der Waals surface area contributed by atoms with Crippen molar-refractivity contribution < 1.29 is 27.2 Å². The van der Waals surface area contributed by atoms with E-state index in [1.54, 1.807) is 31.2 Å². The third-order valence-electron chi connectivity index (χ3n) is 3.22. The maximum absolute atomic E-state index is 12.8. The number of hydrogen-bond donors (Lipinski definition) is 1. The summed E-state index contributed by atoms with van der Waals surface area (Å²) in [6.45, 7) is 1.30. The Labute approximate surface area is 139 Å². The van der Waals surface area contributed by atoms with Crippen LogP contribution in [0.4, 0.5) is 0 Å². The molecule has 0 saturated heterocycles. The molecule has 0 radical (unpaired) electrons. The summed E-state index contributed by atoms with van der Waals surface area (Å²) in [5.41, 5.74) is 0. The summed E-state index contributed by atoms with van der Waals surface area (Å²) < 4.78 is 35.4. The lowest BCUT2D eigenvalue weighted by molar-refractivity contribution is -0.154. The number of furan rings is 1. The van der Waals surface area contributed by atoms with Gasteiger partial charge >= 0.3 is 11.9 Å². The van der Waals surface area contributed by atoms with Gasteiger partial charge < -0.3 is 14.5 Å². The van der Waals surface area contributed by atoms with E-state index in [-0.39, 0.29) is 23.8 Å². The van der Waals surface area contributed by atoms with Gasteiger partial charge in [-0.15, -0.1) is 0 Å². The molecular weight excluding hydrogens is 334 g/mol. The number of nitrogens with one attached hydrogen (secondary N) is 1. The Bertz CT molecular complexity index is 783. The maximum Gasteiger partial charge on any atom is 0.396 e. The summed E-state index contributed by atoms with van der Waals surface area (Å²) in [5.74, 6) is -1.90. The van der Waals surface area contributed by atoms with Crippen LogP contribution in [-0.2, 0) is 24.2 Å². The van der Waals surface area contributed by atoms with E-state index < -0.39 is 27.0 Å². The van der Waals surface area contributed by atoms with E-state index in [9.17, 15) is 18.0 Å². The van der Waals surface area contributed by atoms with Gasteiger partial charge in [-0.1, -0.05) is 18.2 Å². The van der Waals surface area contributed by atoms with E-state index in [0.717, 1.165) is 0 Å². The zero-order valence-electron chi connectivity index (χ0n) is 13.0. The molecule has 0 aliphatic rings. The Kier molecular flexibility index (Phi) is 5.75. The maximum atomic E-state index is 12.8. The Balaban J connectivity index is 2.24. The van der Waals surface area contributed by atoms with Gasteiger partial charge in [-0.2, -0.15) is 0 Å². The first-order valence-corrected chi connectivity index (χ1v) is 8.78. The summed E-state index contributed by atoms with van der Waals surface area (Å²) in [5, 5.41) is 1.12. The van der Waals surface area contributed by atoms with Gasteiger partial charge in [0.25, 0.3) is 0 Å². The van der Waals surface area contributed by atoms with Crippen molar-refractivity contribution in [3.05, 3.63) is 54.5 Å². The SMILES string of the molecule is CCOC(=O)C(=O)NC[C@H](c1ccco1)S(=O)(=O)c1ccccc1. The van der Waals surface area contributed by atoms with E-state index in [0.29, 0.717) is 0 Å². The number of amides is 1. The number of ether oxygens (including phenoxy) is 1. The molecule has 7 nitrogen and oxygen atoms in total. The van der Waals surface area contributed by atoms with Crippen molar-refractivity contribution in [3.8, 4) is 0 Å². The van der Waals surface area contributed by atoms with Crippen LogP contribution in [0, 0.1) is 0 Å². The topological polar surface area (TPSA) is 103 Å². The molecule has 2 rings (SSSR count). The molecule has 0 fully saturated rings. The Morgan fingerprint density at radius 1 is 1.17 bits per heavy atom. The molecule has 1 heterocycles. The molecule has 24 heavy (non-hydrogen) atoms. The fourth-order valence-corrected chi connectivity index (χ4v) is 3.67. The van der Waals surface area contributed by atoms with Gasteiger partial charge in [0.1, 0.15) is 11.0 Å². The van der Waals surface area contributed by atoms with Crippen LogP contribution >= 0.6 is 0 Å². The van der Waals surface area contributed by atoms with Gasteiger partial charge in [0.15, 0.2) is 9.84 Å². The second kappa shape index (κ2) is 7.78. The number of esters is 1. The minimum atomic E-state index is -3.82. The summed E-state index contributed by atoms with van der Waals surface area (Å²) in [6, 6.07) is 10.9. The summed E-state index contributed by atoms with van der Waals surface area (Å²) >= 11 is 0. The monoisotopic (exact) mass is 351 g/mol. The molecule has 1 aromatic heterocycles. The van der Waals surface area contributed by atoms with Crippen LogP contribution in [0.5, 0.6) is 0 Å². The van der Waals surface area contributed by atoms with Crippen LogP contribution in [0.2, 0.25) is 0 Å². The van der Waals surface area contributed by atoms with E-state index >= 15 is 0 Å². The van der Waals surface area contributed by atoms with Crippen molar-refractivity contribution in [3.63, 3.8) is 0 Å². The first kappa shape index (κ1) is 17.7. The fourth-order valence-electron chi connectivity index (χ4n) is 2.07. The van der Waals surface area contributed by atoms with Gasteiger partial charge in [0, 0.05) is 6.54 Å². The lowest BCUT2D eigenvalue weighted by Crippen LogP contribution is -2.37. The molecule has 128 valence electrons. The average Bonchev–Trinajstić information content (AvgIpc) is 3.10. The lowest BCUT2D eigenvalue weighted by Gasteiger charge is -2.16. The van der Waals surface area contributed by atoms with Gasteiger partial charge in [-0.25, -0.2) is 13.2 Å². The second-order valence-corrected chi connectivity index (χ2v) is 6.92. The van der Waals surface area contributed by atoms with Crippen molar-refractivity contribution in [2.24, 2.45) is 0 Å². The fraction of sp³-hybridized carbons (Fsp3) is 0.250. The van der Waals surface area contributed by atoms with Crippen LogP contribution in [0.3, 0.4) is 0 Å². The third-order valence-corrected chi connectivity index (χ3v) is 5.29. The van der Waals surface area contributed by atoms with E-state index in [1.165, 1.54) is 24.5 Å². The predicted octanol–water partition coefficient (Wildman–Crippen LogP) is 1.47. The van der Waals surface area contributed by atoms with Crippen molar-refractivity contribution in [2.45, 2.75) is 17.1 Å². The summed E-state index contributed by atoms with van der Waals surface area (Å²) in [4.78, 5) is 23.1. The van der Waals surface area contributed by atoms with Gasteiger partial charge in [-0.05, 0) is 31.2 Å². The molecule has 1 atom stereocenters. The van der Waals surface area contributed by atoms with E-state index in [2.05, 4.69) is 10.1 Å². The molecule has 0 aliphatic heterocycles. The Morgan fingerprint density at radius 3 is 2.46 bits per heavy atom. The highest BCUT2D eigenvalue weighted by molar-refractivity contribution is 7.91. The van der Waals surface area contributed by atoms with Crippen molar-refractivity contribution in [2.75, 3.05) is 13.2 Å². The van der Waals surface area contributed by atoms with Crippen LogP contribution < -0.4 is 5.32 Å². The highest BCUT2D eigenvalue weighted by Gasteiger charge is 2.32. The number of benzene rings is 1. The van der Waals surface area contributed by atoms with Crippen molar-refractivity contribution in [1.29, 1.82) is 0 Å². The highest BCUT2D eigenvalue weighted by atomic mass is 32.2. The van der Waals surface area contributed by atoms with Crippen LogP contribution in [0.15, 0.2) is 58.0 Å². The minimum absolute atomic E-state index is 0.0518. The highest BCUT2D eigenvalue weighted by Crippen LogP contribution is 2.28. The van der Waals surface area contributed by atoms with Crippen LogP contribution in [-0.4, -0.2) is 33.4 Å². The quantitative estimate of drug-likeness (QED) is 0.624. The third kappa shape index (κ3) is 4.02. The smallest absolute Gasteiger partial charge is 0.396 e. The van der Waals surface area contributed by atoms with Crippen molar-refractivity contribution in [1.82, 2.24) is 5.32 Å². The minimum Gasteiger partial charge on any atom is -0.468 e. The molecule has 2 aromatic rings. The summed E-state index contributed by atoms with van der Waals surface area (Å²) in [6.07, 6.45) is 1.34. The normalized spacial score (nSPS) is 12.4. The molecule has 0 spiro atoms. The van der Waals surface area contributed by atoms with Gasteiger partial charge in [-0.3, -0.25) is 4.79 Å². The predicted molar refractivity (Wildman–Crippen MR) is 84.7 cm³/mol. The first-order valence-electron chi connectivity index (χ1n) is 7.24. The molecule has 8 heteroatoms. The molecule has 0 saturated carbocycles. The number of carbonyl (C=O) groups excluding carboxylic acids is 2. The van der Waals surface area contributed by atoms with Gasteiger partial charge in [0.05, 0.1) is 17.8 Å². The van der Waals surface area contributed by atoms with Crippen molar-refractivity contribution >= 4 is 21.7 Å². The molecular formula is C16H17NO6S. The standard InChI is InChI=1S/C16H17NO6S/c1-2-22-16(19)15(18)17-11-14(13-9-6-10-23-13)24(20,21)12-7-4-3-5-8-12/h3-10,14H,2,11H2,1H3,(H,17,18)/t14-/m1/s1. The zero-order valence-corrected chi connectivity index (χ0v) is 13.8. The van der Waals surface area contributed by atoms with E-state index in [1.807, 2.05) is 0 Å². The van der Waals surface area contributed by atoms with Crippen LogP contribution in [0.25, 0.3) is 0 Å². The molecule has 1 N–H and O–H groups in total. The molecule has 0 unspecified atom stereocenters. The van der Waals surface area contributed by atoms with E-state index in [4.69, 9.17) is 4.42 Å². The summed E-state index contributed by atoms with van der Waals surface area (Å²) in [7, 11) is -3.82. The van der Waals surface area contributed by atoms with Crippen LogP contribution in [0.1, 0.15) is 17.9 Å². The van der Waals surface area contributed by atoms with Gasteiger partial charge in [0.2, 0.25) is 0 Å². The molecule has 0 bridgehead atoms. The number of sulfone groups is 1. The molecule has 1 amide bonds. The number of hydrogen-bond acceptors (Lipinski definition) is 6. The first-order chi connectivity index (χ1) is 11.5. The Hall–Kier alpha value is -2.61. The second-order valence-electron chi connectivity index (χ2n) is 4.79. The Morgan fingerprint density at radius 2 is 1.88 bits per heavy atom. The largest absolute Gasteiger partial charge is 0.468 e.